The van der Waals surface area contributed by atoms with Gasteiger partial charge in [0.2, 0.25) is 0 Å². The van der Waals surface area contributed by atoms with Crippen LogP contribution in [0.25, 0.3) is 16.9 Å². The zero-order chi connectivity index (χ0) is 20.7. The average molecular weight is 406 g/mol. The predicted octanol–water partition coefficient (Wildman–Crippen LogP) is 2.41. The monoisotopic (exact) mass is 406 g/mol. The van der Waals surface area contributed by atoms with Gasteiger partial charge in [0.25, 0.3) is 0 Å². The lowest BCUT2D eigenvalue weighted by molar-refractivity contribution is -0.0172. The summed E-state index contributed by atoms with van der Waals surface area (Å²) in [5, 5.41) is 7.64. The van der Waals surface area contributed by atoms with Crippen LogP contribution in [-0.4, -0.2) is 29.2 Å². The minimum atomic E-state index is -0.360. The number of aromatic nitrogens is 3. The maximum absolute atomic E-state index is 14.4. The van der Waals surface area contributed by atoms with Crippen molar-refractivity contribution in [2.75, 3.05) is 12.1 Å². The van der Waals surface area contributed by atoms with Crippen LogP contribution < -0.4 is 15.5 Å². The van der Waals surface area contributed by atoms with Gasteiger partial charge in [0.15, 0.2) is 12.4 Å². The molecule has 0 saturated heterocycles. The molecule has 2 aromatic carbocycles. The summed E-state index contributed by atoms with van der Waals surface area (Å²) in [7, 11) is 1.89. The zero-order valence-corrected chi connectivity index (χ0v) is 16.2. The van der Waals surface area contributed by atoms with Crippen molar-refractivity contribution < 1.29 is 18.3 Å². The van der Waals surface area contributed by atoms with E-state index in [1.165, 1.54) is 18.2 Å². The number of benzene rings is 2. The standard InChI is InChI=1S/C21H17BF2N4O2/c22-16-9-26-28-19(7-18(27-21(16)28)15-3-1-2-4-17(15)24)25-8-12-5-14(23)6-13-10-29-11-30-20(12)13/h1-7,9,25H,8,10-11,22H2. The van der Waals surface area contributed by atoms with E-state index in [9.17, 15) is 8.78 Å². The molecule has 2 aromatic heterocycles. The zero-order valence-electron chi connectivity index (χ0n) is 16.2. The third-order valence-electron chi connectivity index (χ3n) is 5.01. The van der Waals surface area contributed by atoms with Crippen LogP contribution in [0.3, 0.4) is 0 Å². The molecule has 0 radical (unpaired) electrons. The Hall–Kier alpha value is -3.46. The van der Waals surface area contributed by atoms with Gasteiger partial charge in [-0.05, 0) is 29.7 Å². The van der Waals surface area contributed by atoms with Crippen molar-refractivity contribution >= 4 is 24.8 Å². The van der Waals surface area contributed by atoms with E-state index in [1.54, 1.807) is 35.0 Å². The second-order valence-corrected chi connectivity index (χ2v) is 7.09. The number of nitrogens with zero attached hydrogens (tertiary/aromatic N) is 3. The molecule has 30 heavy (non-hydrogen) atoms. The highest BCUT2D eigenvalue weighted by molar-refractivity contribution is 6.36. The molecule has 0 fully saturated rings. The fourth-order valence-electron chi connectivity index (χ4n) is 3.58. The van der Waals surface area contributed by atoms with Gasteiger partial charge in [-0.25, -0.2) is 13.8 Å². The van der Waals surface area contributed by atoms with Gasteiger partial charge in [-0.3, -0.25) is 0 Å². The lowest BCUT2D eigenvalue weighted by atomic mass is 10.0. The number of fused-ring (bicyclic) bond motifs is 2. The molecule has 1 aliphatic rings. The van der Waals surface area contributed by atoms with Crippen LogP contribution >= 0.6 is 0 Å². The summed E-state index contributed by atoms with van der Waals surface area (Å²) in [4.78, 5) is 4.59. The number of rotatable bonds is 4. The van der Waals surface area contributed by atoms with Crippen molar-refractivity contribution in [1.82, 2.24) is 14.6 Å². The van der Waals surface area contributed by atoms with Crippen LogP contribution in [0, 0.1) is 11.6 Å². The Morgan fingerprint density at radius 3 is 2.90 bits per heavy atom. The van der Waals surface area contributed by atoms with Crippen LogP contribution in [0.5, 0.6) is 5.75 Å². The molecular formula is C21H17BF2N4O2. The molecule has 5 rings (SSSR count). The molecule has 0 saturated carbocycles. The summed E-state index contributed by atoms with van der Waals surface area (Å²) in [5.41, 5.74) is 3.68. The first-order valence-electron chi connectivity index (χ1n) is 9.46. The van der Waals surface area contributed by atoms with Gasteiger partial charge in [0, 0.05) is 35.5 Å². The number of hydrogen-bond donors (Lipinski definition) is 1. The van der Waals surface area contributed by atoms with E-state index in [1.807, 2.05) is 7.85 Å². The Labute approximate surface area is 171 Å². The van der Waals surface area contributed by atoms with E-state index in [4.69, 9.17) is 9.47 Å². The number of anilines is 1. The lowest BCUT2D eigenvalue weighted by Gasteiger charge is -2.21. The molecule has 0 atom stereocenters. The Balaban J connectivity index is 1.55. The molecule has 0 amide bonds. The van der Waals surface area contributed by atoms with Gasteiger partial charge < -0.3 is 14.8 Å². The number of ether oxygens (including phenoxy) is 2. The maximum atomic E-state index is 14.4. The molecule has 1 aliphatic heterocycles. The molecule has 0 aliphatic carbocycles. The molecule has 0 unspecified atom stereocenters. The maximum Gasteiger partial charge on any atom is 0.189 e. The van der Waals surface area contributed by atoms with Crippen molar-refractivity contribution in [3.05, 3.63) is 71.4 Å². The van der Waals surface area contributed by atoms with Crippen molar-refractivity contribution in [2.45, 2.75) is 13.2 Å². The Bertz CT molecular complexity index is 1260. The molecule has 0 spiro atoms. The second-order valence-electron chi connectivity index (χ2n) is 7.09. The van der Waals surface area contributed by atoms with Gasteiger partial charge in [-0.15, -0.1) is 0 Å². The topological polar surface area (TPSA) is 60.7 Å². The summed E-state index contributed by atoms with van der Waals surface area (Å²) in [6.07, 6.45) is 1.70. The summed E-state index contributed by atoms with van der Waals surface area (Å²) in [6.45, 7) is 0.713. The molecule has 4 aromatic rings. The van der Waals surface area contributed by atoms with E-state index in [-0.39, 0.29) is 25.0 Å². The largest absolute Gasteiger partial charge is 0.467 e. The van der Waals surface area contributed by atoms with Crippen LogP contribution in [0.4, 0.5) is 14.6 Å². The predicted molar refractivity (Wildman–Crippen MR) is 111 cm³/mol. The normalized spacial score (nSPS) is 13.1. The molecular weight excluding hydrogens is 389 g/mol. The lowest BCUT2D eigenvalue weighted by Crippen LogP contribution is -2.15. The quantitative estimate of drug-likeness (QED) is 0.528. The molecule has 3 heterocycles. The highest BCUT2D eigenvalue weighted by Crippen LogP contribution is 2.30. The molecule has 0 bridgehead atoms. The number of nitrogens with one attached hydrogen (secondary N) is 1. The third-order valence-corrected chi connectivity index (χ3v) is 5.01. The Morgan fingerprint density at radius 2 is 2.03 bits per heavy atom. The van der Waals surface area contributed by atoms with Crippen LogP contribution in [-0.2, 0) is 17.9 Å². The van der Waals surface area contributed by atoms with Crippen molar-refractivity contribution in [3.8, 4) is 17.0 Å². The molecule has 6 nitrogen and oxygen atoms in total. The second kappa shape index (κ2) is 7.42. The van der Waals surface area contributed by atoms with Gasteiger partial charge >= 0.3 is 0 Å². The van der Waals surface area contributed by atoms with E-state index in [2.05, 4.69) is 15.4 Å². The van der Waals surface area contributed by atoms with E-state index in [0.29, 0.717) is 46.2 Å². The summed E-state index contributed by atoms with van der Waals surface area (Å²) in [5.74, 6) is 0.509. The first-order valence-corrected chi connectivity index (χ1v) is 9.46. The fraction of sp³-hybridized carbons (Fsp3) is 0.143. The third kappa shape index (κ3) is 3.27. The highest BCUT2D eigenvalue weighted by atomic mass is 19.1. The van der Waals surface area contributed by atoms with Crippen LogP contribution in [0.2, 0.25) is 0 Å². The van der Waals surface area contributed by atoms with Crippen molar-refractivity contribution in [2.24, 2.45) is 0 Å². The average Bonchev–Trinajstić information content (AvgIpc) is 3.13. The van der Waals surface area contributed by atoms with Gasteiger partial charge in [-0.1, -0.05) is 12.1 Å². The van der Waals surface area contributed by atoms with Crippen LogP contribution in [0.15, 0.2) is 48.7 Å². The number of halogens is 2. The summed E-state index contributed by atoms with van der Waals surface area (Å²) >= 11 is 0. The summed E-state index contributed by atoms with van der Waals surface area (Å²) < 4.78 is 40.9. The van der Waals surface area contributed by atoms with Crippen molar-refractivity contribution in [1.29, 1.82) is 0 Å². The summed E-state index contributed by atoms with van der Waals surface area (Å²) in [6, 6.07) is 11.1. The molecule has 150 valence electrons. The van der Waals surface area contributed by atoms with Gasteiger partial charge in [-0.2, -0.15) is 9.61 Å². The highest BCUT2D eigenvalue weighted by Gasteiger charge is 2.18. The molecule has 1 N–H and O–H groups in total. The smallest absolute Gasteiger partial charge is 0.189 e. The van der Waals surface area contributed by atoms with Gasteiger partial charge in [0.05, 0.1) is 12.3 Å². The van der Waals surface area contributed by atoms with Crippen LogP contribution in [0.1, 0.15) is 11.1 Å². The van der Waals surface area contributed by atoms with E-state index >= 15 is 0 Å². The minimum absolute atomic E-state index is 0.126. The van der Waals surface area contributed by atoms with E-state index in [0.717, 1.165) is 5.46 Å². The van der Waals surface area contributed by atoms with Gasteiger partial charge in [0.1, 0.15) is 31.0 Å². The molecule has 9 heteroatoms. The Morgan fingerprint density at radius 1 is 1.17 bits per heavy atom. The Kier molecular flexibility index (Phi) is 4.59. The first kappa shape index (κ1) is 18.6. The minimum Gasteiger partial charge on any atom is -0.467 e. The number of hydrogen-bond acceptors (Lipinski definition) is 5. The van der Waals surface area contributed by atoms with Crippen molar-refractivity contribution in [3.63, 3.8) is 0 Å². The van der Waals surface area contributed by atoms with E-state index < -0.39 is 0 Å². The fourth-order valence-corrected chi connectivity index (χ4v) is 3.58. The first-order chi connectivity index (χ1) is 14.6. The SMILES string of the molecule is Bc1cnn2c(NCc3cc(F)cc4c3OCOC4)cc(-c3ccccc3F)nc12.